The standard InChI is InChI=1S/C15H21NOS/c1-2-4-15(17-13-7-10-18-11-13)14(3-1)12-5-8-16-9-6-12/h1-4,12-13,16H,5-11H2. The molecular formula is C15H21NOS. The molecule has 1 aromatic carbocycles. The maximum Gasteiger partial charge on any atom is 0.123 e. The molecule has 1 aromatic rings. The molecule has 3 heteroatoms. The Bertz CT molecular complexity index is 384. The van der Waals surface area contributed by atoms with E-state index in [1.165, 1.54) is 30.6 Å². The van der Waals surface area contributed by atoms with Crippen molar-refractivity contribution in [2.24, 2.45) is 0 Å². The van der Waals surface area contributed by atoms with Crippen molar-refractivity contribution in [3.05, 3.63) is 29.8 Å². The smallest absolute Gasteiger partial charge is 0.123 e. The molecular weight excluding hydrogens is 242 g/mol. The number of rotatable bonds is 3. The SMILES string of the molecule is c1ccc(C2CCNCC2)c(OC2CCSC2)c1. The molecule has 0 amide bonds. The van der Waals surface area contributed by atoms with E-state index in [-0.39, 0.29) is 0 Å². The minimum Gasteiger partial charge on any atom is -0.489 e. The lowest BCUT2D eigenvalue weighted by Crippen LogP contribution is -2.27. The highest BCUT2D eigenvalue weighted by Crippen LogP contribution is 2.34. The van der Waals surface area contributed by atoms with E-state index in [0.717, 1.165) is 24.6 Å². The lowest BCUT2D eigenvalue weighted by Gasteiger charge is -2.26. The van der Waals surface area contributed by atoms with Gasteiger partial charge in [-0.15, -0.1) is 0 Å². The zero-order chi connectivity index (χ0) is 12.2. The van der Waals surface area contributed by atoms with Gasteiger partial charge in [-0.2, -0.15) is 11.8 Å². The Kier molecular flexibility index (Phi) is 4.11. The largest absolute Gasteiger partial charge is 0.489 e. The van der Waals surface area contributed by atoms with Crippen LogP contribution in [0.1, 0.15) is 30.7 Å². The predicted molar refractivity (Wildman–Crippen MR) is 77.6 cm³/mol. The first-order chi connectivity index (χ1) is 8.93. The van der Waals surface area contributed by atoms with E-state index < -0.39 is 0 Å². The Morgan fingerprint density at radius 3 is 2.72 bits per heavy atom. The molecule has 2 aliphatic heterocycles. The number of piperidine rings is 1. The van der Waals surface area contributed by atoms with E-state index in [1.54, 1.807) is 0 Å². The second-order valence-electron chi connectivity index (χ2n) is 5.17. The monoisotopic (exact) mass is 263 g/mol. The fourth-order valence-corrected chi connectivity index (χ4v) is 3.94. The summed E-state index contributed by atoms with van der Waals surface area (Å²) in [6.07, 6.45) is 4.10. The van der Waals surface area contributed by atoms with E-state index >= 15 is 0 Å². The van der Waals surface area contributed by atoms with Gasteiger partial charge in [0.1, 0.15) is 11.9 Å². The summed E-state index contributed by atoms with van der Waals surface area (Å²) in [6.45, 7) is 2.27. The van der Waals surface area contributed by atoms with E-state index in [9.17, 15) is 0 Å². The third-order valence-corrected chi connectivity index (χ3v) is 5.01. The number of hydrogen-bond donors (Lipinski definition) is 1. The molecule has 0 spiro atoms. The quantitative estimate of drug-likeness (QED) is 0.905. The molecule has 3 rings (SSSR count). The molecule has 0 aliphatic carbocycles. The van der Waals surface area contributed by atoms with Gasteiger partial charge >= 0.3 is 0 Å². The topological polar surface area (TPSA) is 21.3 Å². The summed E-state index contributed by atoms with van der Waals surface area (Å²) in [5.74, 6) is 4.22. The van der Waals surface area contributed by atoms with Gasteiger partial charge in [0.05, 0.1) is 0 Å². The highest BCUT2D eigenvalue weighted by Gasteiger charge is 2.22. The van der Waals surface area contributed by atoms with Crippen LogP contribution in [0.3, 0.4) is 0 Å². The van der Waals surface area contributed by atoms with Gasteiger partial charge in [0.2, 0.25) is 0 Å². The number of benzene rings is 1. The second-order valence-corrected chi connectivity index (χ2v) is 6.32. The van der Waals surface area contributed by atoms with Crippen molar-refractivity contribution in [2.45, 2.75) is 31.3 Å². The molecule has 2 nitrogen and oxygen atoms in total. The van der Waals surface area contributed by atoms with Crippen LogP contribution in [0.15, 0.2) is 24.3 Å². The van der Waals surface area contributed by atoms with E-state index in [0.29, 0.717) is 12.0 Å². The third-order valence-electron chi connectivity index (χ3n) is 3.88. The van der Waals surface area contributed by atoms with Gasteiger partial charge in [-0.05, 0) is 55.7 Å². The summed E-state index contributed by atoms with van der Waals surface area (Å²) < 4.78 is 6.22. The minimum absolute atomic E-state index is 0.429. The van der Waals surface area contributed by atoms with Gasteiger partial charge in [0.15, 0.2) is 0 Å². The normalized spacial score (nSPS) is 25.2. The lowest BCUT2D eigenvalue weighted by atomic mass is 9.89. The first kappa shape index (κ1) is 12.4. The summed E-state index contributed by atoms with van der Waals surface area (Å²) in [7, 11) is 0. The molecule has 2 heterocycles. The number of hydrogen-bond acceptors (Lipinski definition) is 3. The summed E-state index contributed by atoms with van der Waals surface area (Å²) in [4.78, 5) is 0. The Balaban J connectivity index is 1.75. The van der Waals surface area contributed by atoms with E-state index in [2.05, 4.69) is 29.6 Å². The van der Waals surface area contributed by atoms with Crippen LogP contribution in [-0.2, 0) is 0 Å². The summed E-state index contributed by atoms with van der Waals surface area (Å²) in [5, 5.41) is 3.43. The average Bonchev–Trinajstić information content (AvgIpc) is 2.93. The molecule has 0 aromatic heterocycles. The van der Waals surface area contributed by atoms with Crippen LogP contribution in [0.5, 0.6) is 5.75 Å². The molecule has 1 unspecified atom stereocenters. The summed E-state index contributed by atoms with van der Waals surface area (Å²) in [5.41, 5.74) is 1.43. The van der Waals surface area contributed by atoms with Gasteiger partial charge in [0.25, 0.3) is 0 Å². The van der Waals surface area contributed by atoms with Crippen LogP contribution < -0.4 is 10.1 Å². The number of para-hydroxylation sites is 1. The molecule has 2 fully saturated rings. The van der Waals surface area contributed by atoms with Crippen molar-refractivity contribution >= 4 is 11.8 Å². The van der Waals surface area contributed by atoms with Crippen LogP contribution in [0.25, 0.3) is 0 Å². The molecule has 0 radical (unpaired) electrons. The predicted octanol–water partition coefficient (Wildman–Crippen LogP) is 3.04. The molecule has 98 valence electrons. The van der Waals surface area contributed by atoms with Crippen LogP contribution in [0.2, 0.25) is 0 Å². The van der Waals surface area contributed by atoms with Crippen molar-refractivity contribution in [3.63, 3.8) is 0 Å². The van der Waals surface area contributed by atoms with Crippen molar-refractivity contribution in [2.75, 3.05) is 24.6 Å². The molecule has 1 N–H and O–H groups in total. The van der Waals surface area contributed by atoms with E-state index in [1.807, 2.05) is 11.8 Å². The van der Waals surface area contributed by atoms with Crippen molar-refractivity contribution in [1.29, 1.82) is 0 Å². The number of thioether (sulfide) groups is 1. The minimum atomic E-state index is 0.429. The van der Waals surface area contributed by atoms with Crippen molar-refractivity contribution < 1.29 is 4.74 Å². The Hall–Kier alpha value is -0.670. The van der Waals surface area contributed by atoms with Gasteiger partial charge in [0, 0.05) is 5.75 Å². The molecule has 0 bridgehead atoms. The van der Waals surface area contributed by atoms with Crippen molar-refractivity contribution in [1.82, 2.24) is 5.32 Å². The number of nitrogens with one attached hydrogen (secondary N) is 1. The summed E-state index contributed by atoms with van der Waals surface area (Å²) >= 11 is 2.01. The van der Waals surface area contributed by atoms with Crippen molar-refractivity contribution in [3.8, 4) is 5.75 Å². The van der Waals surface area contributed by atoms with Crippen LogP contribution in [0, 0.1) is 0 Å². The first-order valence-corrected chi connectivity index (χ1v) is 8.13. The molecule has 2 saturated heterocycles. The first-order valence-electron chi connectivity index (χ1n) is 6.97. The Labute approximate surface area is 113 Å². The zero-order valence-electron chi connectivity index (χ0n) is 10.7. The Morgan fingerprint density at radius 1 is 1.11 bits per heavy atom. The van der Waals surface area contributed by atoms with Gasteiger partial charge in [-0.1, -0.05) is 18.2 Å². The lowest BCUT2D eigenvalue weighted by molar-refractivity contribution is 0.225. The van der Waals surface area contributed by atoms with Gasteiger partial charge < -0.3 is 10.1 Å². The fraction of sp³-hybridized carbons (Fsp3) is 0.600. The third kappa shape index (κ3) is 2.83. The summed E-state index contributed by atoms with van der Waals surface area (Å²) in [6, 6.07) is 8.66. The van der Waals surface area contributed by atoms with Gasteiger partial charge in [-0.3, -0.25) is 0 Å². The van der Waals surface area contributed by atoms with Crippen LogP contribution in [-0.4, -0.2) is 30.7 Å². The maximum atomic E-state index is 6.22. The molecule has 1 atom stereocenters. The molecule has 0 saturated carbocycles. The zero-order valence-corrected chi connectivity index (χ0v) is 11.5. The second kappa shape index (κ2) is 5.98. The van der Waals surface area contributed by atoms with Gasteiger partial charge in [-0.25, -0.2) is 0 Å². The van der Waals surface area contributed by atoms with E-state index in [4.69, 9.17) is 4.74 Å². The molecule has 2 aliphatic rings. The Morgan fingerprint density at radius 2 is 1.94 bits per heavy atom. The van der Waals surface area contributed by atoms with Crippen LogP contribution in [0.4, 0.5) is 0 Å². The fourth-order valence-electron chi connectivity index (χ4n) is 2.84. The average molecular weight is 263 g/mol. The maximum absolute atomic E-state index is 6.22. The number of ether oxygens (including phenoxy) is 1. The molecule has 18 heavy (non-hydrogen) atoms. The highest BCUT2D eigenvalue weighted by atomic mass is 32.2. The highest BCUT2D eigenvalue weighted by molar-refractivity contribution is 7.99. The van der Waals surface area contributed by atoms with Crippen LogP contribution >= 0.6 is 11.8 Å².